The molecule has 2 aliphatic heterocycles. The number of aryl methyl sites for hydroxylation is 1. The molecular weight excluding hydrogens is 457 g/mol. The number of nitrogens with one attached hydrogen (secondary N) is 3. The number of aromatic amines is 1. The third kappa shape index (κ3) is 4.60. The molecular formula is C28H38FN5O2. The highest BCUT2D eigenvalue weighted by Crippen LogP contribution is 2.46. The summed E-state index contributed by atoms with van der Waals surface area (Å²) in [5, 5.41) is 20.0. The van der Waals surface area contributed by atoms with Crippen LogP contribution in [0, 0.1) is 5.92 Å². The fourth-order valence-corrected chi connectivity index (χ4v) is 6.49. The molecule has 6 rings (SSSR count). The molecule has 5 N–H and O–H groups in total. The molecule has 0 amide bonds. The number of phenolic OH excluding ortho intramolecular Hbond substituents is 1. The minimum Gasteiger partial charge on any atom is -0.508 e. The lowest BCUT2D eigenvalue weighted by Crippen LogP contribution is -2.45. The summed E-state index contributed by atoms with van der Waals surface area (Å²) in [6.07, 6.45) is 9.38. The molecule has 2 aliphatic carbocycles. The van der Waals surface area contributed by atoms with Gasteiger partial charge in [-0.3, -0.25) is 10.3 Å². The maximum Gasteiger partial charge on any atom is 0.125 e. The zero-order chi connectivity index (χ0) is 24.9. The number of halogens is 1. The molecule has 4 aliphatic rings. The van der Waals surface area contributed by atoms with E-state index in [1.165, 1.54) is 5.57 Å². The number of alkyl halides is 1. The molecule has 1 aromatic carbocycles. The van der Waals surface area contributed by atoms with Crippen molar-refractivity contribution in [3.8, 4) is 5.75 Å². The summed E-state index contributed by atoms with van der Waals surface area (Å²) in [6, 6.07) is 5.03. The third-order valence-corrected chi connectivity index (χ3v) is 8.99. The molecule has 7 nitrogen and oxygen atoms in total. The van der Waals surface area contributed by atoms with Crippen molar-refractivity contribution >= 4 is 5.57 Å². The fraction of sp³-hybridized carbons (Fsp3) is 0.607. The first-order valence-corrected chi connectivity index (χ1v) is 13.6. The number of rotatable bonds is 7. The molecule has 194 valence electrons. The molecule has 0 spiro atoms. The van der Waals surface area contributed by atoms with Crippen LogP contribution in [0.5, 0.6) is 5.75 Å². The second-order valence-electron chi connectivity index (χ2n) is 11.3. The summed E-state index contributed by atoms with van der Waals surface area (Å²) in [5.74, 6) is 1.07. The zero-order valence-electron chi connectivity index (χ0n) is 21.0. The van der Waals surface area contributed by atoms with E-state index in [9.17, 15) is 10.2 Å². The van der Waals surface area contributed by atoms with Crippen molar-refractivity contribution in [3.05, 3.63) is 53.1 Å². The van der Waals surface area contributed by atoms with Gasteiger partial charge in [0.1, 0.15) is 17.7 Å². The van der Waals surface area contributed by atoms with Gasteiger partial charge in [0.05, 0.1) is 29.6 Å². The number of aromatic hydroxyl groups is 1. The van der Waals surface area contributed by atoms with Crippen LogP contribution >= 0.6 is 0 Å². The number of nitrogens with zero attached hydrogens (tertiary/aromatic N) is 2. The van der Waals surface area contributed by atoms with Crippen LogP contribution in [0.2, 0.25) is 0 Å². The fourth-order valence-electron chi connectivity index (χ4n) is 6.49. The van der Waals surface area contributed by atoms with E-state index in [1.54, 1.807) is 12.1 Å². The van der Waals surface area contributed by atoms with E-state index >= 15 is 4.39 Å². The van der Waals surface area contributed by atoms with Gasteiger partial charge in [0, 0.05) is 31.5 Å². The van der Waals surface area contributed by atoms with Gasteiger partial charge < -0.3 is 15.2 Å². The minimum absolute atomic E-state index is 0.0478. The summed E-state index contributed by atoms with van der Waals surface area (Å²) in [5.41, 5.74) is 10.6. The predicted octanol–water partition coefficient (Wildman–Crippen LogP) is 3.73. The van der Waals surface area contributed by atoms with Crippen molar-refractivity contribution in [2.75, 3.05) is 19.6 Å². The number of hydrogen-bond donors (Lipinski definition) is 5. The number of imidazole rings is 1. The van der Waals surface area contributed by atoms with E-state index < -0.39 is 6.17 Å². The van der Waals surface area contributed by atoms with Crippen molar-refractivity contribution in [2.24, 2.45) is 5.92 Å². The van der Waals surface area contributed by atoms with Crippen LogP contribution in [0.4, 0.5) is 4.39 Å². The number of benzene rings is 1. The highest BCUT2D eigenvalue weighted by atomic mass is 19.1. The van der Waals surface area contributed by atoms with Crippen LogP contribution in [0.15, 0.2) is 30.5 Å². The van der Waals surface area contributed by atoms with Crippen LogP contribution in [0.25, 0.3) is 5.57 Å². The summed E-state index contributed by atoms with van der Waals surface area (Å²) in [6.45, 7) is 4.89. The van der Waals surface area contributed by atoms with Crippen molar-refractivity contribution in [3.63, 3.8) is 0 Å². The number of aromatic nitrogens is 2. The Bertz CT molecular complexity index is 1130. The van der Waals surface area contributed by atoms with Crippen molar-refractivity contribution < 1.29 is 14.6 Å². The molecule has 36 heavy (non-hydrogen) atoms. The first-order chi connectivity index (χ1) is 17.4. The lowest BCUT2D eigenvalue weighted by atomic mass is 9.71. The monoisotopic (exact) mass is 495 g/mol. The lowest BCUT2D eigenvalue weighted by molar-refractivity contribution is 0.121. The minimum atomic E-state index is -1.01. The number of aliphatic hydroxyl groups is 1. The van der Waals surface area contributed by atoms with Gasteiger partial charge in [0.25, 0.3) is 0 Å². The molecule has 1 aromatic heterocycles. The van der Waals surface area contributed by atoms with E-state index in [4.69, 9.17) is 4.98 Å². The van der Waals surface area contributed by atoms with E-state index in [2.05, 4.69) is 33.7 Å². The average Bonchev–Trinajstić information content (AvgIpc) is 3.26. The average molecular weight is 496 g/mol. The summed E-state index contributed by atoms with van der Waals surface area (Å²) < 4.78 is 15.8. The van der Waals surface area contributed by atoms with Crippen molar-refractivity contribution in [2.45, 2.75) is 81.6 Å². The number of phenols is 1. The molecule has 3 heterocycles. The number of hydrazine groups is 1. The van der Waals surface area contributed by atoms with Crippen LogP contribution in [0.3, 0.4) is 0 Å². The summed E-state index contributed by atoms with van der Waals surface area (Å²) in [4.78, 5) is 10.6. The maximum absolute atomic E-state index is 15.8. The Balaban J connectivity index is 1.10. The smallest absolute Gasteiger partial charge is 0.125 e. The van der Waals surface area contributed by atoms with Crippen molar-refractivity contribution in [1.82, 2.24) is 25.7 Å². The van der Waals surface area contributed by atoms with Gasteiger partial charge in [0.2, 0.25) is 0 Å². The molecule has 2 saturated carbocycles. The van der Waals surface area contributed by atoms with E-state index in [-0.39, 0.29) is 35.3 Å². The van der Waals surface area contributed by atoms with Gasteiger partial charge in [-0.2, -0.15) is 0 Å². The second kappa shape index (κ2) is 9.56. The normalized spacial score (nSPS) is 31.8. The Kier molecular flexibility index (Phi) is 6.40. The maximum atomic E-state index is 15.8. The third-order valence-electron chi connectivity index (χ3n) is 8.99. The first-order valence-electron chi connectivity index (χ1n) is 13.6. The largest absolute Gasteiger partial charge is 0.508 e. The standard InChI is InChI=1S/C28H38FN5O2/c1-2-17-15-19(35)3-4-20(17)21-5-6-22-25(24(21)29)32-33-26(22)27-30-16-23(31-27)18-7-12-34(13-8-18)14-11-28(36)9-10-28/h3-4,7,15-16,21-22,24-26,32-33,35-36H,2,5-6,8-14H2,1H3,(H,30,31). The van der Waals surface area contributed by atoms with Gasteiger partial charge in [-0.05, 0) is 73.8 Å². The molecule has 0 radical (unpaired) electrons. The Labute approximate surface area is 212 Å². The summed E-state index contributed by atoms with van der Waals surface area (Å²) in [7, 11) is 0. The molecule has 8 heteroatoms. The highest BCUT2D eigenvalue weighted by molar-refractivity contribution is 5.63. The van der Waals surface area contributed by atoms with Gasteiger partial charge in [-0.15, -0.1) is 0 Å². The number of fused-ring (bicyclic) bond motifs is 1. The number of hydrogen-bond acceptors (Lipinski definition) is 6. The molecule has 0 bridgehead atoms. The molecule has 2 aromatic rings. The van der Waals surface area contributed by atoms with Crippen LogP contribution < -0.4 is 10.9 Å². The molecule has 1 saturated heterocycles. The van der Waals surface area contributed by atoms with Crippen LogP contribution in [-0.2, 0) is 6.42 Å². The van der Waals surface area contributed by atoms with Gasteiger partial charge in [-0.25, -0.2) is 14.8 Å². The lowest BCUT2D eigenvalue weighted by Gasteiger charge is -2.36. The molecule has 5 atom stereocenters. The first kappa shape index (κ1) is 24.1. The predicted molar refractivity (Wildman–Crippen MR) is 137 cm³/mol. The second-order valence-corrected chi connectivity index (χ2v) is 11.3. The van der Waals surface area contributed by atoms with E-state index in [0.29, 0.717) is 0 Å². The molecule has 3 fully saturated rings. The van der Waals surface area contributed by atoms with Crippen molar-refractivity contribution in [1.29, 1.82) is 0 Å². The Morgan fingerprint density at radius 2 is 2.08 bits per heavy atom. The van der Waals surface area contributed by atoms with Gasteiger partial charge in [-0.1, -0.05) is 19.1 Å². The quantitative estimate of drug-likeness (QED) is 0.402. The SMILES string of the molecule is CCc1cc(O)ccc1C1CCC2C(c3ncc(C4=CCN(CCC5(O)CC5)CC4)[nH]3)NNC2C1F. The Hall–Kier alpha value is -2.26. The topological polar surface area (TPSA) is 96.4 Å². The van der Waals surface area contributed by atoms with E-state index in [0.717, 1.165) is 87.2 Å². The zero-order valence-corrected chi connectivity index (χ0v) is 21.0. The Morgan fingerprint density at radius 3 is 2.83 bits per heavy atom. The number of H-pyrrole nitrogens is 1. The Morgan fingerprint density at radius 1 is 1.22 bits per heavy atom. The van der Waals surface area contributed by atoms with Crippen LogP contribution in [-0.4, -0.2) is 62.5 Å². The molecule has 5 unspecified atom stereocenters. The highest BCUT2D eigenvalue weighted by Gasteiger charge is 2.48. The summed E-state index contributed by atoms with van der Waals surface area (Å²) >= 11 is 0. The van der Waals surface area contributed by atoms with Gasteiger partial charge in [0.15, 0.2) is 0 Å². The van der Waals surface area contributed by atoms with E-state index in [1.807, 2.05) is 12.3 Å². The van der Waals surface area contributed by atoms with Gasteiger partial charge >= 0.3 is 0 Å². The van der Waals surface area contributed by atoms with Crippen LogP contribution in [0.1, 0.15) is 80.1 Å².